The fraction of sp³-hybridized carbons (Fsp3) is 0.929. The molecular formula is C14H22O2. The quantitative estimate of drug-likeness (QED) is 0.686. The summed E-state index contributed by atoms with van der Waals surface area (Å²) in [5.41, 5.74) is 0. The summed E-state index contributed by atoms with van der Waals surface area (Å²) >= 11 is 0. The van der Waals surface area contributed by atoms with Gasteiger partial charge in [0.25, 0.3) is 0 Å². The van der Waals surface area contributed by atoms with Crippen LogP contribution in [0.15, 0.2) is 0 Å². The number of ether oxygens (including phenoxy) is 1. The van der Waals surface area contributed by atoms with Crippen LogP contribution >= 0.6 is 0 Å². The molecule has 0 saturated heterocycles. The van der Waals surface area contributed by atoms with Crippen molar-refractivity contribution in [2.75, 3.05) is 6.61 Å². The van der Waals surface area contributed by atoms with Gasteiger partial charge in [-0.25, -0.2) is 0 Å². The summed E-state index contributed by atoms with van der Waals surface area (Å²) in [5.74, 6) is 4.57. The molecule has 3 fully saturated rings. The van der Waals surface area contributed by atoms with Crippen LogP contribution in [-0.4, -0.2) is 12.6 Å². The van der Waals surface area contributed by atoms with E-state index in [1.54, 1.807) is 0 Å². The van der Waals surface area contributed by atoms with Crippen LogP contribution in [0.25, 0.3) is 0 Å². The number of fused-ring (bicyclic) bond motifs is 5. The van der Waals surface area contributed by atoms with Crippen LogP contribution in [0.4, 0.5) is 0 Å². The van der Waals surface area contributed by atoms with E-state index in [2.05, 4.69) is 0 Å². The number of carbonyl (C=O) groups is 1. The predicted molar refractivity (Wildman–Crippen MR) is 61.8 cm³/mol. The summed E-state index contributed by atoms with van der Waals surface area (Å²) in [6.07, 6.45) is 7.64. The highest BCUT2D eigenvalue weighted by atomic mass is 16.5. The van der Waals surface area contributed by atoms with E-state index in [0.29, 0.717) is 18.9 Å². The Hall–Kier alpha value is -0.530. The van der Waals surface area contributed by atoms with Gasteiger partial charge in [-0.2, -0.15) is 0 Å². The lowest BCUT2D eigenvalue weighted by Crippen LogP contribution is -2.25. The second kappa shape index (κ2) is 4.05. The molecule has 0 amide bonds. The van der Waals surface area contributed by atoms with Gasteiger partial charge in [-0.05, 0) is 61.7 Å². The van der Waals surface area contributed by atoms with Crippen molar-refractivity contribution < 1.29 is 9.53 Å². The van der Waals surface area contributed by atoms with Gasteiger partial charge in [0.15, 0.2) is 0 Å². The average Bonchev–Trinajstić information content (AvgIpc) is 2.97. The molecule has 0 spiro atoms. The maximum atomic E-state index is 11.2. The zero-order chi connectivity index (χ0) is 11.1. The standard InChI is InChI=1S/C14H22O2/c1-2-13(15)16-8-11-5-6-12-9-3-4-10(7-9)14(11)12/h9-12,14H,2-8H2,1H3. The molecule has 16 heavy (non-hydrogen) atoms. The highest BCUT2D eigenvalue weighted by Gasteiger charge is 2.53. The first-order valence-corrected chi connectivity index (χ1v) is 6.95. The maximum absolute atomic E-state index is 11.2. The van der Waals surface area contributed by atoms with E-state index in [1.165, 1.54) is 32.1 Å². The molecule has 5 atom stereocenters. The minimum atomic E-state index is -0.0217. The number of esters is 1. The summed E-state index contributed by atoms with van der Waals surface area (Å²) < 4.78 is 5.35. The Labute approximate surface area is 97.7 Å². The summed E-state index contributed by atoms with van der Waals surface area (Å²) in [7, 11) is 0. The van der Waals surface area contributed by atoms with Gasteiger partial charge in [0.1, 0.15) is 0 Å². The third kappa shape index (κ3) is 1.57. The number of hydrogen-bond donors (Lipinski definition) is 0. The smallest absolute Gasteiger partial charge is 0.305 e. The average molecular weight is 222 g/mol. The SMILES string of the molecule is CCC(=O)OCC1CCC2C3CCC(C3)C12. The van der Waals surface area contributed by atoms with Crippen molar-refractivity contribution in [1.82, 2.24) is 0 Å². The molecule has 3 aliphatic rings. The van der Waals surface area contributed by atoms with Gasteiger partial charge in [-0.1, -0.05) is 6.92 Å². The normalized spacial score (nSPS) is 44.7. The molecule has 3 aliphatic carbocycles. The molecule has 0 aliphatic heterocycles. The summed E-state index contributed by atoms with van der Waals surface area (Å²) in [5, 5.41) is 0. The molecule has 3 rings (SSSR count). The van der Waals surface area contributed by atoms with Crippen molar-refractivity contribution in [3.63, 3.8) is 0 Å². The molecule has 0 aromatic carbocycles. The lowest BCUT2D eigenvalue weighted by atomic mass is 9.78. The first-order valence-electron chi connectivity index (χ1n) is 6.95. The van der Waals surface area contributed by atoms with Crippen LogP contribution in [0.1, 0.15) is 45.4 Å². The molecule has 0 heterocycles. The van der Waals surface area contributed by atoms with E-state index in [4.69, 9.17) is 4.74 Å². The number of hydrogen-bond acceptors (Lipinski definition) is 2. The van der Waals surface area contributed by atoms with Gasteiger partial charge in [-0.3, -0.25) is 4.79 Å². The monoisotopic (exact) mass is 222 g/mol. The molecule has 3 saturated carbocycles. The molecule has 0 N–H and O–H groups in total. The van der Waals surface area contributed by atoms with Gasteiger partial charge >= 0.3 is 5.97 Å². The third-order valence-corrected chi connectivity index (χ3v) is 5.32. The highest BCUT2D eigenvalue weighted by Crippen LogP contribution is 2.60. The van der Waals surface area contributed by atoms with Gasteiger partial charge in [0.2, 0.25) is 0 Å². The van der Waals surface area contributed by atoms with E-state index in [1.807, 2.05) is 6.92 Å². The van der Waals surface area contributed by atoms with Gasteiger partial charge in [0.05, 0.1) is 6.61 Å². The fourth-order valence-corrected chi connectivity index (χ4v) is 4.71. The number of rotatable bonds is 3. The van der Waals surface area contributed by atoms with E-state index >= 15 is 0 Å². The third-order valence-electron chi connectivity index (χ3n) is 5.32. The molecule has 2 bridgehead atoms. The van der Waals surface area contributed by atoms with Crippen LogP contribution in [-0.2, 0) is 9.53 Å². The summed E-state index contributed by atoms with van der Waals surface area (Å²) in [4.78, 5) is 11.2. The molecule has 90 valence electrons. The lowest BCUT2D eigenvalue weighted by molar-refractivity contribution is -0.145. The first-order chi connectivity index (χ1) is 7.79. The molecule has 0 aromatic rings. The molecule has 5 unspecified atom stereocenters. The van der Waals surface area contributed by atoms with Crippen molar-refractivity contribution in [3.8, 4) is 0 Å². The Bertz CT molecular complexity index is 286. The minimum Gasteiger partial charge on any atom is -0.465 e. The first kappa shape index (κ1) is 10.6. The fourth-order valence-electron chi connectivity index (χ4n) is 4.71. The van der Waals surface area contributed by atoms with E-state index in [0.717, 1.165) is 23.7 Å². The molecule has 0 aromatic heterocycles. The zero-order valence-corrected chi connectivity index (χ0v) is 10.2. The lowest BCUT2D eigenvalue weighted by Gasteiger charge is -2.28. The predicted octanol–water partition coefficient (Wildman–Crippen LogP) is 3.01. The Morgan fingerprint density at radius 1 is 1.19 bits per heavy atom. The van der Waals surface area contributed by atoms with Gasteiger partial charge in [-0.15, -0.1) is 0 Å². The molecule has 0 radical (unpaired) electrons. The Morgan fingerprint density at radius 2 is 2.00 bits per heavy atom. The van der Waals surface area contributed by atoms with Gasteiger partial charge in [0, 0.05) is 6.42 Å². The summed E-state index contributed by atoms with van der Waals surface area (Å²) in [6.45, 7) is 2.58. The minimum absolute atomic E-state index is 0.0217. The maximum Gasteiger partial charge on any atom is 0.305 e. The largest absolute Gasteiger partial charge is 0.465 e. The van der Waals surface area contributed by atoms with E-state index < -0.39 is 0 Å². The second-order valence-corrected chi connectivity index (χ2v) is 5.95. The van der Waals surface area contributed by atoms with E-state index in [-0.39, 0.29) is 5.97 Å². The second-order valence-electron chi connectivity index (χ2n) is 5.95. The number of carbonyl (C=O) groups excluding carboxylic acids is 1. The van der Waals surface area contributed by atoms with Crippen LogP contribution in [0, 0.1) is 29.6 Å². The topological polar surface area (TPSA) is 26.3 Å². The van der Waals surface area contributed by atoms with Crippen molar-refractivity contribution in [1.29, 1.82) is 0 Å². The van der Waals surface area contributed by atoms with Crippen LogP contribution in [0.2, 0.25) is 0 Å². The Morgan fingerprint density at radius 3 is 2.81 bits per heavy atom. The zero-order valence-electron chi connectivity index (χ0n) is 10.2. The molecule has 2 heteroatoms. The van der Waals surface area contributed by atoms with E-state index in [9.17, 15) is 4.79 Å². The van der Waals surface area contributed by atoms with Crippen LogP contribution < -0.4 is 0 Å². The van der Waals surface area contributed by atoms with Crippen molar-refractivity contribution >= 4 is 5.97 Å². The molecular weight excluding hydrogens is 200 g/mol. The van der Waals surface area contributed by atoms with Crippen molar-refractivity contribution in [2.45, 2.75) is 45.4 Å². The van der Waals surface area contributed by atoms with Crippen LogP contribution in [0.3, 0.4) is 0 Å². The van der Waals surface area contributed by atoms with Gasteiger partial charge < -0.3 is 4.74 Å². The van der Waals surface area contributed by atoms with Crippen molar-refractivity contribution in [3.05, 3.63) is 0 Å². The Balaban J connectivity index is 1.59. The Kier molecular flexibility index (Phi) is 2.68. The molecule has 2 nitrogen and oxygen atoms in total. The highest BCUT2D eigenvalue weighted by molar-refractivity contribution is 5.68. The van der Waals surface area contributed by atoms with Crippen LogP contribution in [0.5, 0.6) is 0 Å². The summed E-state index contributed by atoms with van der Waals surface area (Å²) in [6, 6.07) is 0. The van der Waals surface area contributed by atoms with Crippen molar-refractivity contribution in [2.24, 2.45) is 29.6 Å².